The van der Waals surface area contributed by atoms with Crippen LogP contribution in [0.4, 0.5) is 0 Å². The summed E-state index contributed by atoms with van der Waals surface area (Å²) in [7, 11) is 1.68. The average molecular weight is 316 g/mol. The molecule has 1 atom stereocenters. The van der Waals surface area contributed by atoms with E-state index in [0.717, 1.165) is 50.2 Å². The summed E-state index contributed by atoms with van der Waals surface area (Å²) in [5.74, 6) is 1.21. The Kier molecular flexibility index (Phi) is 4.62. The molecule has 4 heteroatoms. The van der Waals surface area contributed by atoms with E-state index in [0.29, 0.717) is 18.5 Å². The van der Waals surface area contributed by atoms with Crippen molar-refractivity contribution in [2.75, 3.05) is 26.7 Å². The predicted molar refractivity (Wildman–Crippen MR) is 91.4 cm³/mol. The number of nitrogens with zero attached hydrogens (tertiary/aromatic N) is 2. The van der Waals surface area contributed by atoms with Crippen molar-refractivity contribution in [2.24, 2.45) is 5.41 Å². The highest BCUT2D eigenvalue weighted by Gasteiger charge is 2.48. The van der Waals surface area contributed by atoms with Crippen LogP contribution in [0.1, 0.15) is 38.7 Å². The van der Waals surface area contributed by atoms with E-state index in [1.54, 1.807) is 7.11 Å². The van der Waals surface area contributed by atoms with Gasteiger partial charge in [-0.2, -0.15) is 0 Å². The molecule has 0 N–H and O–H groups in total. The van der Waals surface area contributed by atoms with Crippen LogP contribution in [0.25, 0.3) is 0 Å². The van der Waals surface area contributed by atoms with E-state index in [1.807, 2.05) is 18.2 Å². The highest BCUT2D eigenvalue weighted by molar-refractivity contribution is 5.84. The summed E-state index contributed by atoms with van der Waals surface area (Å²) in [5, 5.41) is 0. The fourth-order valence-corrected chi connectivity index (χ4v) is 4.02. The molecule has 2 saturated heterocycles. The Morgan fingerprint density at radius 1 is 1.26 bits per heavy atom. The maximum Gasteiger partial charge on any atom is 0.230 e. The largest absolute Gasteiger partial charge is 0.497 e. The van der Waals surface area contributed by atoms with Crippen LogP contribution in [0.2, 0.25) is 0 Å². The van der Waals surface area contributed by atoms with Gasteiger partial charge in [0, 0.05) is 25.7 Å². The first-order valence-electron chi connectivity index (χ1n) is 8.70. The lowest BCUT2D eigenvalue weighted by molar-refractivity contribution is -0.146. The number of methoxy groups -OCH3 is 1. The summed E-state index contributed by atoms with van der Waals surface area (Å²) in [6, 6.07) is 8.57. The van der Waals surface area contributed by atoms with E-state index in [9.17, 15) is 4.79 Å². The molecule has 2 aliphatic heterocycles. The summed E-state index contributed by atoms with van der Waals surface area (Å²) in [5.41, 5.74) is 1.01. The topological polar surface area (TPSA) is 32.8 Å². The van der Waals surface area contributed by atoms with Crippen molar-refractivity contribution in [3.63, 3.8) is 0 Å². The predicted octanol–water partition coefficient (Wildman–Crippen LogP) is 2.92. The minimum atomic E-state index is -0.138. The Balaban J connectivity index is 1.73. The first-order chi connectivity index (χ1) is 11.0. The van der Waals surface area contributed by atoms with Crippen LogP contribution in [-0.4, -0.2) is 48.5 Å². The van der Waals surface area contributed by atoms with Crippen molar-refractivity contribution < 1.29 is 9.53 Å². The molecule has 0 aliphatic carbocycles. The van der Waals surface area contributed by atoms with Gasteiger partial charge >= 0.3 is 0 Å². The maximum absolute atomic E-state index is 13.1. The number of carbonyl (C=O) groups is 1. The summed E-state index contributed by atoms with van der Waals surface area (Å²) in [6.45, 7) is 7.99. The molecule has 0 saturated carbocycles. The van der Waals surface area contributed by atoms with Gasteiger partial charge in [0.2, 0.25) is 5.91 Å². The Bertz CT molecular complexity index is 572. The maximum atomic E-state index is 13.1. The van der Waals surface area contributed by atoms with Gasteiger partial charge in [0.25, 0.3) is 0 Å². The van der Waals surface area contributed by atoms with Gasteiger partial charge in [-0.3, -0.25) is 9.69 Å². The molecule has 3 rings (SSSR count). The summed E-state index contributed by atoms with van der Waals surface area (Å²) >= 11 is 0. The third kappa shape index (κ3) is 3.23. The Hall–Kier alpha value is -1.55. The number of likely N-dealkylation sites (tertiary alicyclic amines) is 2. The van der Waals surface area contributed by atoms with Crippen molar-refractivity contribution >= 4 is 5.91 Å². The molecule has 1 amide bonds. The number of benzene rings is 1. The van der Waals surface area contributed by atoms with Gasteiger partial charge in [-0.25, -0.2) is 0 Å². The van der Waals surface area contributed by atoms with Gasteiger partial charge in [0.1, 0.15) is 5.75 Å². The summed E-state index contributed by atoms with van der Waals surface area (Å²) in [4.78, 5) is 17.7. The highest BCUT2D eigenvalue weighted by Crippen LogP contribution is 2.41. The van der Waals surface area contributed by atoms with Gasteiger partial charge in [-0.05, 0) is 57.4 Å². The average Bonchev–Trinajstić information content (AvgIpc) is 2.98. The lowest BCUT2D eigenvalue weighted by Gasteiger charge is -2.39. The van der Waals surface area contributed by atoms with Gasteiger partial charge in [-0.15, -0.1) is 0 Å². The molecule has 2 aliphatic rings. The number of carbonyl (C=O) groups excluding carboxylic acids is 1. The number of rotatable bonds is 4. The van der Waals surface area contributed by atoms with Crippen LogP contribution in [0.3, 0.4) is 0 Å². The third-order valence-corrected chi connectivity index (χ3v) is 5.45. The quantitative estimate of drug-likeness (QED) is 0.856. The number of ether oxygens (including phenoxy) is 1. The van der Waals surface area contributed by atoms with Crippen LogP contribution in [0.15, 0.2) is 24.3 Å². The van der Waals surface area contributed by atoms with Gasteiger partial charge in [0.05, 0.1) is 12.5 Å². The van der Waals surface area contributed by atoms with Crippen molar-refractivity contribution in [2.45, 2.75) is 45.7 Å². The number of hydrogen-bond acceptors (Lipinski definition) is 3. The molecule has 0 bridgehead atoms. The van der Waals surface area contributed by atoms with Crippen molar-refractivity contribution in [3.05, 3.63) is 29.8 Å². The third-order valence-electron chi connectivity index (χ3n) is 5.45. The molecular formula is C19H28N2O2. The molecular weight excluding hydrogens is 288 g/mol. The molecule has 1 aromatic rings. The van der Waals surface area contributed by atoms with Crippen molar-refractivity contribution in [1.82, 2.24) is 9.80 Å². The fraction of sp³-hybridized carbons (Fsp3) is 0.632. The van der Waals surface area contributed by atoms with Gasteiger partial charge in [-0.1, -0.05) is 12.1 Å². The molecule has 0 aromatic heterocycles. The molecule has 126 valence electrons. The van der Waals surface area contributed by atoms with E-state index in [2.05, 4.69) is 29.7 Å². The molecule has 23 heavy (non-hydrogen) atoms. The van der Waals surface area contributed by atoms with Crippen molar-refractivity contribution in [1.29, 1.82) is 0 Å². The molecule has 1 spiro atoms. The Morgan fingerprint density at radius 3 is 2.78 bits per heavy atom. The van der Waals surface area contributed by atoms with E-state index in [1.165, 1.54) is 0 Å². The molecule has 1 aromatic carbocycles. The Morgan fingerprint density at radius 2 is 2.09 bits per heavy atom. The standard InChI is InChI=1S/C19H28N2O2/c1-15(2)21-11-9-19(14-21)8-5-10-20(18(19)22)13-16-6-4-7-17(12-16)23-3/h4,6-7,12,15H,5,8-11,13-14H2,1-3H3. The van der Waals surface area contributed by atoms with Crippen LogP contribution in [-0.2, 0) is 11.3 Å². The van der Waals surface area contributed by atoms with E-state index < -0.39 is 0 Å². The summed E-state index contributed by atoms with van der Waals surface area (Å²) < 4.78 is 5.29. The zero-order valence-corrected chi connectivity index (χ0v) is 14.5. The van der Waals surface area contributed by atoms with Gasteiger partial charge in [0.15, 0.2) is 0 Å². The first-order valence-corrected chi connectivity index (χ1v) is 8.70. The zero-order valence-electron chi connectivity index (χ0n) is 14.5. The molecule has 0 radical (unpaired) electrons. The summed E-state index contributed by atoms with van der Waals surface area (Å²) in [6.07, 6.45) is 3.17. The molecule has 2 heterocycles. The Labute approximate surface area is 139 Å². The normalized spacial score (nSPS) is 25.6. The smallest absolute Gasteiger partial charge is 0.230 e. The second-order valence-electron chi connectivity index (χ2n) is 7.28. The van der Waals surface area contributed by atoms with Crippen LogP contribution in [0.5, 0.6) is 5.75 Å². The number of hydrogen-bond donors (Lipinski definition) is 0. The molecule has 2 fully saturated rings. The lowest BCUT2D eigenvalue weighted by Crippen LogP contribution is -2.50. The molecule has 4 nitrogen and oxygen atoms in total. The number of amides is 1. The monoisotopic (exact) mass is 316 g/mol. The van der Waals surface area contributed by atoms with Crippen LogP contribution < -0.4 is 4.74 Å². The zero-order chi connectivity index (χ0) is 16.4. The fourth-order valence-electron chi connectivity index (χ4n) is 4.02. The minimum Gasteiger partial charge on any atom is -0.497 e. The van der Waals surface area contributed by atoms with E-state index in [-0.39, 0.29) is 5.41 Å². The lowest BCUT2D eigenvalue weighted by atomic mass is 9.78. The highest BCUT2D eigenvalue weighted by atomic mass is 16.5. The van der Waals surface area contributed by atoms with Gasteiger partial charge < -0.3 is 9.64 Å². The number of piperidine rings is 1. The van der Waals surface area contributed by atoms with Crippen molar-refractivity contribution in [3.8, 4) is 5.75 Å². The second kappa shape index (κ2) is 6.52. The van der Waals surface area contributed by atoms with Crippen LogP contribution in [0, 0.1) is 5.41 Å². The minimum absolute atomic E-state index is 0.138. The molecule has 1 unspecified atom stereocenters. The first kappa shape index (κ1) is 16.3. The van der Waals surface area contributed by atoms with Crippen LogP contribution >= 0.6 is 0 Å². The second-order valence-corrected chi connectivity index (χ2v) is 7.28. The van der Waals surface area contributed by atoms with E-state index >= 15 is 0 Å². The van der Waals surface area contributed by atoms with E-state index in [4.69, 9.17) is 4.74 Å². The SMILES string of the molecule is COc1cccc(CN2CCCC3(CCN(C(C)C)C3)C2=O)c1.